The highest BCUT2D eigenvalue weighted by Gasteiger charge is 2.06. The Balaban J connectivity index is -0.000000632. The van der Waals surface area contributed by atoms with E-state index >= 15 is 0 Å². The summed E-state index contributed by atoms with van der Waals surface area (Å²) in [5.74, 6) is 1.87. The van der Waals surface area contributed by atoms with E-state index in [0.29, 0.717) is 264 Å². The predicted molar refractivity (Wildman–Crippen MR) is 456 cm³/mol. The molecule has 0 unspecified atom stereocenters. The first-order valence-electron chi connectivity index (χ1n) is 37.2. The maximum atomic E-state index is 11.7. The lowest BCUT2D eigenvalue weighted by Gasteiger charge is -2.06. The number of aromatic nitrogens is 2. The number of nitrogens with zero attached hydrogens (tertiary/aromatic N) is 2. The second kappa shape index (κ2) is 103. The molecule has 0 aliphatic carbocycles. The Bertz CT molecular complexity index is 2390. The van der Waals surface area contributed by atoms with Gasteiger partial charge in [-0.2, -0.15) is 12.6 Å². The van der Waals surface area contributed by atoms with Gasteiger partial charge in [0.05, 0.1) is 153 Å². The average molecular weight is 1910 g/mol. The van der Waals surface area contributed by atoms with E-state index in [1.807, 2.05) is 88.5 Å². The highest BCUT2D eigenvalue weighted by molar-refractivity contribution is 14.1. The van der Waals surface area contributed by atoms with Crippen molar-refractivity contribution in [2.75, 3.05) is 224 Å². The molecule has 2 heterocycles. The Morgan fingerprint density at radius 3 is 0.866 bits per heavy atom. The Hall–Kier alpha value is -4.13. The minimum Gasteiger partial charge on any atom is -0.379 e. The lowest BCUT2D eigenvalue weighted by Crippen LogP contribution is -2.28. The molecule has 0 fully saturated rings. The molecule has 0 atom stereocenters. The van der Waals surface area contributed by atoms with Gasteiger partial charge < -0.3 is 118 Å². The molecule has 6 amide bonds. The Morgan fingerprint density at radius 1 is 0.339 bits per heavy atom. The summed E-state index contributed by atoms with van der Waals surface area (Å²) in [6.45, 7) is 17.6. The van der Waals surface area contributed by atoms with Crippen LogP contribution in [0.1, 0.15) is 103 Å². The molecule has 6 N–H and O–H groups in total. The summed E-state index contributed by atoms with van der Waals surface area (Å²) in [6.07, 6.45) is 18.1. The molecule has 644 valence electrons. The van der Waals surface area contributed by atoms with Crippen LogP contribution in [0.3, 0.4) is 0 Å². The standard InChI is InChI=1S/C17H26N2O4S2.C15H22N2O4S2.C12H23NO4.C11H20INO4.C9H16INO4.C9H17NO4S/c20-10-5-12-23-14-13-22-11-4-3-8-18-16(21)7-15-24-25-17-6-1-2-9-19-17;18-8-3-9-20-11-12-21-10-7-16-14(19)5-13-22-23-15-4-1-2-6-17-15;1-2-12(15)13-6-3-4-8-16-10-11-17-9-5-7-14;12-10-11(15)13-4-1-2-6-16-8-9-17-7-3-5-14;10-8-9(13)11-2-5-15-7-6-14-4-1-3-12;11-3-1-4-13-6-7-14-5-2-10-9(12)8-15/h1-2,6,9-10H,3-5,7-8,11-15H2,(H,18,21);1-2,4,6,8H,3,5,7,9-13H2,(H,16,19);7H,2-6,8-11H2,1H3,(H,13,15);5H,1-4,6-10H2,(H,13,15);3H,1-2,4-8H2,(H,11,13);3,15H,1-2,4-8H2,(H,10,12). The van der Waals surface area contributed by atoms with Crippen LogP contribution < -0.4 is 31.9 Å². The number of pyridine rings is 2. The van der Waals surface area contributed by atoms with Gasteiger partial charge in [0.25, 0.3) is 0 Å². The largest absolute Gasteiger partial charge is 0.379 e. The monoisotopic (exact) mass is 1910 g/mol. The van der Waals surface area contributed by atoms with Gasteiger partial charge in [0.2, 0.25) is 35.4 Å². The SMILES string of the molecule is CCC(=O)NCCCCOCCOCCC=O.O=CCCOCCOCCCCNC(=O)CCSSc1ccccn1.O=CCCOCCOCCCCNC(=O)CI.O=CCCOCCOCCNC(=O)CCSSc1ccccn1.O=CCCOCCOCCNC(=O)CI.O=CCCOCCOCCNC(=O)CS. The molecule has 0 aliphatic rings. The van der Waals surface area contributed by atoms with Crippen LogP contribution in [-0.4, -0.2) is 307 Å². The van der Waals surface area contributed by atoms with E-state index in [1.165, 1.54) is 0 Å². The molecule has 0 bridgehead atoms. The summed E-state index contributed by atoms with van der Waals surface area (Å²) in [7, 11) is 6.41. The molecule has 2 aromatic heterocycles. The Labute approximate surface area is 711 Å². The molecule has 112 heavy (non-hydrogen) atoms. The Morgan fingerprint density at radius 2 is 0.598 bits per heavy atom. The molecule has 0 aromatic carbocycles. The van der Waals surface area contributed by atoms with Gasteiger partial charge in [0.15, 0.2) is 0 Å². The zero-order chi connectivity index (χ0) is 82.8. The van der Waals surface area contributed by atoms with Crippen molar-refractivity contribution in [1.82, 2.24) is 41.9 Å². The van der Waals surface area contributed by atoms with E-state index in [2.05, 4.69) is 54.5 Å². The lowest BCUT2D eigenvalue weighted by atomic mass is 10.3. The van der Waals surface area contributed by atoms with Crippen LogP contribution in [0.2, 0.25) is 0 Å². The van der Waals surface area contributed by atoms with E-state index in [-0.39, 0.29) is 41.2 Å². The summed E-state index contributed by atoms with van der Waals surface area (Å²) in [6, 6.07) is 11.6. The van der Waals surface area contributed by atoms with E-state index in [1.54, 1.807) is 55.6 Å². The highest BCUT2D eigenvalue weighted by Crippen LogP contribution is 2.30. The first-order valence-corrected chi connectivity index (χ1v) is 45.5. The summed E-state index contributed by atoms with van der Waals surface area (Å²) in [4.78, 5) is 135. The van der Waals surface area contributed by atoms with Crippen molar-refractivity contribution in [3.63, 3.8) is 0 Å². The molecule has 0 saturated heterocycles. The minimum atomic E-state index is -0.107. The molecule has 0 spiro atoms. The number of rotatable bonds is 74. The van der Waals surface area contributed by atoms with E-state index < -0.39 is 0 Å². The lowest BCUT2D eigenvalue weighted by molar-refractivity contribution is -0.121. The van der Waals surface area contributed by atoms with Crippen molar-refractivity contribution in [3.8, 4) is 0 Å². The number of halogens is 2. The molecule has 2 rings (SSSR count). The van der Waals surface area contributed by atoms with E-state index in [4.69, 9.17) is 56.8 Å². The number of ether oxygens (including phenoxy) is 12. The average Bonchev–Trinajstić information content (AvgIpc) is 1.00. The van der Waals surface area contributed by atoms with Crippen molar-refractivity contribution < 1.29 is 114 Å². The third-order valence-corrected chi connectivity index (χ3v) is 18.6. The number of carbonyl (C=O) groups is 12. The minimum absolute atomic E-state index is 0.0152. The third-order valence-electron chi connectivity index (χ3n) is 12.4. The number of alkyl halides is 2. The van der Waals surface area contributed by atoms with Crippen LogP contribution in [0.4, 0.5) is 0 Å². The van der Waals surface area contributed by atoms with Crippen molar-refractivity contribution in [2.24, 2.45) is 0 Å². The van der Waals surface area contributed by atoms with Crippen LogP contribution in [0.15, 0.2) is 58.8 Å². The van der Waals surface area contributed by atoms with Gasteiger partial charge in [0, 0.05) is 141 Å². The second-order valence-electron chi connectivity index (χ2n) is 21.7. The number of carbonyl (C=O) groups excluding carboxylic acids is 12. The normalized spacial score (nSPS) is 10.2. The zero-order valence-electron chi connectivity index (χ0n) is 65.0. The Kier molecular flexibility index (Phi) is 105. The van der Waals surface area contributed by atoms with Crippen LogP contribution in [-0.2, 0) is 114 Å². The third kappa shape index (κ3) is 104. The first-order chi connectivity index (χ1) is 54.9. The number of aldehydes is 6. The number of amides is 6. The van der Waals surface area contributed by atoms with Crippen molar-refractivity contribution in [2.45, 2.75) is 113 Å². The van der Waals surface area contributed by atoms with Crippen LogP contribution in [0.5, 0.6) is 0 Å². The fourth-order valence-corrected chi connectivity index (χ4v) is 11.3. The van der Waals surface area contributed by atoms with Crippen molar-refractivity contribution >= 4 is 174 Å². The predicted octanol–water partition coefficient (Wildman–Crippen LogP) is 6.35. The first kappa shape index (κ1) is 114. The highest BCUT2D eigenvalue weighted by atomic mass is 127. The molecule has 0 aliphatic heterocycles. The molecule has 39 heteroatoms. The summed E-state index contributed by atoms with van der Waals surface area (Å²) in [5.41, 5.74) is 0. The van der Waals surface area contributed by atoms with Gasteiger partial charge in [-0.1, -0.05) is 85.8 Å². The van der Waals surface area contributed by atoms with Gasteiger partial charge in [0.1, 0.15) is 47.8 Å². The van der Waals surface area contributed by atoms with Gasteiger partial charge in [-0.05, 0) is 84.4 Å². The maximum Gasteiger partial charge on any atom is 0.229 e. The van der Waals surface area contributed by atoms with Gasteiger partial charge in [-0.15, -0.1) is 0 Å². The molecule has 32 nitrogen and oxygen atoms in total. The van der Waals surface area contributed by atoms with Crippen LogP contribution in [0.25, 0.3) is 0 Å². The van der Waals surface area contributed by atoms with Gasteiger partial charge in [-0.25, -0.2) is 9.97 Å². The van der Waals surface area contributed by atoms with Crippen molar-refractivity contribution in [1.29, 1.82) is 0 Å². The molecular formula is C73H124I2N8O24S5. The summed E-state index contributed by atoms with van der Waals surface area (Å²) < 4.78 is 63.4. The number of hydrogen-bond acceptors (Lipinski definition) is 31. The maximum absolute atomic E-state index is 11.7. The van der Waals surface area contributed by atoms with E-state index in [0.717, 1.165) is 97.8 Å². The quantitative estimate of drug-likeness (QED) is 0.00947. The zero-order valence-corrected chi connectivity index (χ0v) is 73.4. The smallest absolute Gasteiger partial charge is 0.229 e. The number of unbranched alkanes of at least 4 members (excludes halogenated alkanes) is 3. The van der Waals surface area contributed by atoms with Gasteiger partial charge in [-0.3, -0.25) is 28.8 Å². The molecular weight excluding hydrogens is 1790 g/mol. The molecule has 0 saturated carbocycles. The fraction of sp³-hybridized carbons (Fsp3) is 0.699. The van der Waals surface area contributed by atoms with Crippen LogP contribution >= 0.6 is 101 Å². The van der Waals surface area contributed by atoms with E-state index in [9.17, 15) is 57.5 Å². The second-order valence-corrected chi connectivity index (χ2v) is 28.4. The fourth-order valence-electron chi connectivity index (χ4n) is 6.90. The van der Waals surface area contributed by atoms with Crippen molar-refractivity contribution in [3.05, 3.63) is 48.8 Å². The van der Waals surface area contributed by atoms with Gasteiger partial charge >= 0.3 is 0 Å². The summed E-state index contributed by atoms with van der Waals surface area (Å²) >= 11 is 7.84. The van der Waals surface area contributed by atoms with Crippen LogP contribution in [0, 0.1) is 0 Å². The topological polar surface area (TPSA) is 414 Å². The number of hydrogen-bond donors (Lipinski definition) is 7. The summed E-state index contributed by atoms with van der Waals surface area (Å²) in [5, 5.41) is 18.5. The molecule has 0 radical (unpaired) electrons. The molecule has 2 aromatic rings. The number of thiol groups is 1. The number of nitrogens with one attached hydrogen (secondary N) is 6.